The summed E-state index contributed by atoms with van der Waals surface area (Å²) >= 11 is 3.29. The van der Waals surface area contributed by atoms with Crippen LogP contribution in [-0.4, -0.2) is 12.6 Å². The minimum Gasteiger partial charge on any atom is -0.314 e. The van der Waals surface area contributed by atoms with Gasteiger partial charge in [-0.05, 0) is 60.3 Å². The summed E-state index contributed by atoms with van der Waals surface area (Å²) in [5, 5.41) is 3.43. The summed E-state index contributed by atoms with van der Waals surface area (Å²) in [6, 6.07) is 5.70. The van der Waals surface area contributed by atoms with Crippen LogP contribution in [0.15, 0.2) is 22.7 Å². The smallest absolute Gasteiger partial charge is 0.137 e. The van der Waals surface area contributed by atoms with Crippen molar-refractivity contribution in [3.63, 3.8) is 0 Å². The van der Waals surface area contributed by atoms with Crippen molar-refractivity contribution < 1.29 is 4.39 Å². The van der Waals surface area contributed by atoms with Crippen LogP contribution in [0.2, 0.25) is 0 Å². The van der Waals surface area contributed by atoms with E-state index in [4.69, 9.17) is 0 Å². The van der Waals surface area contributed by atoms with E-state index in [-0.39, 0.29) is 5.82 Å². The Morgan fingerprint density at radius 2 is 2.19 bits per heavy atom. The summed E-state index contributed by atoms with van der Waals surface area (Å²) in [4.78, 5) is 0. The maximum absolute atomic E-state index is 13.2. The van der Waals surface area contributed by atoms with Gasteiger partial charge in [0.05, 0.1) is 4.47 Å². The van der Waals surface area contributed by atoms with Crippen LogP contribution in [0, 0.1) is 5.82 Å². The lowest BCUT2D eigenvalue weighted by Crippen LogP contribution is -2.27. The molecule has 1 atom stereocenters. The Hall–Kier alpha value is -0.410. The van der Waals surface area contributed by atoms with Crippen LogP contribution in [0.1, 0.15) is 32.3 Å². The molecule has 0 heterocycles. The van der Waals surface area contributed by atoms with E-state index in [1.165, 1.54) is 6.07 Å². The van der Waals surface area contributed by atoms with Gasteiger partial charge in [-0.25, -0.2) is 4.39 Å². The molecule has 16 heavy (non-hydrogen) atoms. The van der Waals surface area contributed by atoms with E-state index in [0.717, 1.165) is 31.4 Å². The number of rotatable bonds is 6. The molecule has 0 saturated carbocycles. The van der Waals surface area contributed by atoms with Crippen molar-refractivity contribution in [2.24, 2.45) is 0 Å². The summed E-state index contributed by atoms with van der Waals surface area (Å²) in [5.74, 6) is -0.174. The largest absolute Gasteiger partial charge is 0.314 e. The zero-order valence-corrected chi connectivity index (χ0v) is 11.5. The summed E-state index contributed by atoms with van der Waals surface area (Å²) in [7, 11) is 0. The van der Waals surface area contributed by atoms with Crippen LogP contribution in [0.3, 0.4) is 0 Å². The molecule has 1 aromatic carbocycles. The standard InChI is InChI=1S/C13H19BrFN/c1-3-9-16-10(2)7-8-11-5-4-6-12(15)13(11)14/h4-6,10,16H,3,7-9H2,1-2H3. The molecule has 90 valence electrons. The van der Waals surface area contributed by atoms with Gasteiger partial charge < -0.3 is 5.32 Å². The number of hydrogen-bond acceptors (Lipinski definition) is 1. The van der Waals surface area contributed by atoms with Crippen LogP contribution in [0.5, 0.6) is 0 Å². The Balaban J connectivity index is 2.45. The molecular weight excluding hydrogens is 269 g/mol. The van der Waals surface area contributed by atoms with E-state index >= 15 is 0 Å². The Labute approximate surface area is 106 Å². The van der Waals surface area contributed by atoms with Crippen LogP contribution in [0.4, 0.5) is 4.39 Å². The quantitative estimate of drug-likeness (QED) is 0.837. The van der Waals surface area contributed by atoms with Crippen LogP contribution in [-0.2, 0) is 6.42 Å². The molecule has 0 amide bonds. The van der Waals surface area contributed by atoms with E-state index in [1.54, 1.807) is 6.07 Å². The van der Waals surface area contributed by atoms with Crippen LogP contribution < -0.4 is 5.32 Å². The Morgan fingerprint density at radius 3 is 2.88 bits per heavy atom. The third-order valence-corrected chi connectivity index (χ3v) is 3.51. The first-order valence-electron chi connectivity index (χ1n) is 5.81. The molecule has 1 aromatic rings. The molecule has 1 rings (SSSR count). The van der Waals surface area contributed by atoms with Crippen molar-refractivity contribution in [1.82, 2.24) is 5.32 Å². The predicted molar refractivity (Wildman–Crippen MR) is 70.2 cm³/mol. The van der Waals surface area contributed by atoms with E-state index in [2.05, 4.69) is 35.1 Å². The number of aryl methyl sites for hydroxylation is 1. The lowest BCUT2D eigenvalue weighted by atomic mass is 10.1. The highest BCUT2D eigenvalue weighted by atomic mass is 79.9. The second kappa shape index (κ2) is 7.02. The van der Waals surface area contributed by atoms with E-state index in [9.17, 15) is 4.39 Å². The van der Waals surface area contributed by atoms with Gasteiger partial charge >= 0.3 is 0 Å². The molecule has 0 bridgehead atoms. The lowest BCUT2D eigenvalue weighted by Gasteiger charge is -2.13. The number of benzene rings is 1. The van der Waals surface area contributed by atoms with E-state index in [1.807, 2.05) is 6.07 Å². The van der Waals surface area contributed by atoms with Crippen molar-refractivity contribution in [1.29, 1.82) is 0 Å². The Bertz CT molecular complexity index is 328. The van der Waals surface area contributed by atoms with Gasteiger partial charge in [-0.15, -0.1) is 0 Å². The summed E-state index contributed by atoms with van der Waals surface area (Å²) in [6.07, 6.45) is 3.08. The second-order valence-corrected chi connectivity index (χ2v) is 4.90. The van der Waals surface area contributed by atoms with Crippen molar-refractivity contribution in [2.75, 3.05) is 6.54 Å². The minimum atomic E-state index is -0.174. The topological polar surface area (TPSA) is 12.0 Å². The summed E-state index contributed by atoms with van der Waals surface area (Å²) in [5.41, 5.74) is 1.05. The fourth-order valence-corrected chi connectivity index (χ4v) is 2.07. The monoisotopic (exact) mass is 287 g/mol. The molecule has 0 aromatic heterocycles. The first kappa shape index (κ1) is 13.7. The second-order valence-electron chi connectivity index (χ2n) is 4.11. The zero-order valence-electron chi connectivity index (χ0n) is 9.89. The first-order chi connectivity index (χ1) is 7.65. The molecule has 0 radical (unpaired) electrons. The third kappa shape index (κ3) is 4.22. The average Bonchev–Trinajstić information content (AvgIpc) is 2.28. The molecule has 3 heteroatoms. The van der Waals surface area contributed by atoms with Crippen molar-refractivity contribution in [2.45, 2.75) is 39.2 Å². The van der Waals surface area contributed by atoms with Gasteiger partial charge in [0.15, 0.2) is 0 Å². The summed E-state index contributed by atoms with van der Waals surface area (Å²) < 4.78 is 13.9. The van der Waals surface area contributed by atoms with Gasteiger partial charge in [0, 0.05) is 6.04 Å². The molecule has 0 saturated heterocycles. The molecular formula is C13H19BrFN. The molecule has 0 aliphatic rings. The van der Waals surface area contributed by atoms with Crippen molar-refractivity contribution in [3.8, 4) is 0 Å². The van der Waals surface area contributed by atoms with Crippen LogP contribution >= 0.6 is 15.9 Å². The summed E-state index contributed by atoms with van der Waals surface area (Å²) in [6.45, 7) is 5.37. The zero-order chi connectivity index (χ0) is 12.0. The number of nitrogens with one attached hydrogen (secondary N) is 1. The fraction of sp³-hybridized carbons (Fsp3) is 0.538. The van der Waals surface area contributed by atoms with Gasteiger partial charge in [0.25, 0.3) is 0 Å². The molecule has 0 aliphatic heterocycles. The third-order valence-electron chi connectivity index (χ3n) is 2.62. The molecule has 0 fully saturated rings. The van der Waals surface area contributed by atoms with Crippen LogP contribution in [0.25, 0.3) is 0 Å². The van der Waals surface area contributed by atoms with E-state index in [0.29, 0.717) is 10.5 Å². The van der Waals surface area contributed by atoms with Gasteiger partial charge in [0.1, 0.15) is 5.82 Å². The maximum Gasteiger partial charge on any atom is 0.137 e. The Kier molecular flexibility index (Phi) is 5.99. The number of halogens is 2. The highest BCUT2D eigenvalue weighted by Gasteiger charge is 2.07. The van der Waals surface area contributed by atoms with Gasteiger partial charge in [0.2, 0.25) is 0 Å². The minimum absolute atomic E-state index is 0.174. The highest BCUT2D eigenvalue weighted by Crippen LogP contribution is 2.21. The molecule has 1 unspecified atom stereocenters. The van der Waals surface area contributed by atoms with Crippen molar-refractivity contribution >= 4 is 15.9 Å². The molecule has 0 spiro atoms. The normalized spacial score (nSPS) is 12.8. The van der Waals surface area contributed by atoms with Gasteiger partial charge in [-0.1, -0.05) is 19.1 Å². The van der Waals surface area contributed by atoms with E-state index < -0.39 is 0 Å². The first-order valence-corrected chi connectivity index (χ1v) is 6.60. The molecule has 1 nitrogen and oxygen atoms in total. The predicted octanol–water partition coefficient (Wildman–Crippen LogP) is 3.91. The lowest BCUT2D eigenvalue weighted by molar-refractivity contribution is 0.512. The van der Waals surface area contributed by atoms with Gasteiger partial charge in [-0.3, -0.25) is 0 Å². The van der Waals surface area contributed by atoms with Gasteiger partial charge in [-0.2, -0.15) is 0 Å². The average molecular weight is 288 g/mol. The highest BCUT2D eigenvalue weighted by molar-refractivity contribution is 9.10. The Morgan fingerprint density at radius 1 is 1.44 bits per heavy atom. The molecule has 1 N–H and O–H groups in total. The molecule has 0 aliphatic carbocycles. The SMILES string of the molecule is CCCNC(C)CCc1cccc(F)c1Br. The maximum atomic E-state index is 13.2. The fourth-order valence-electron chi connectivity index (χ4n) is 1.61. The number of hydrogen-bond donors (Lipinski definition) is 1. The van der Waals surface area contributed by atoms with Crippen molar-refractivity contribution in [3.05, 3.63) is 34.1 Å².